The van der Waals surface area contributed by atoms with Crippen molar-refractivity contribution in [2.24, 2.45) is 0 Å². The van der Waals surface area contributed by atoms with Crippen LogP contribution in [0.1, 0.15) is 0 Å². The third-order valence-corrected chi connectivity index (χ3v) is 12.8. The highest BCUT2D eigenvalue weighted by atomic mass is 14.3. The van der Waals surface area contributed by atoms with E-state index >= 15 is 0 Å². The smallest absolute Gasteiger partial charge is 0.00137 e. The van der Waals surface area contributed by atoms with E-state index in [-0.39, 0.29) is 0 Å². The maximum absolute atomic E-state index is 2.48. The molecule has 0 saturated carbocycles. The van der Waals surface area contributed by atoms with Crippen molar-refractivity contribution >= 4 is 53.9 Å². The van der Waals surface area contributed by atoms with Crippen molar-refractivity contribution in [1.82, 2.24) is 0 Å². The Kier molecular flexibility index (Phi) is 8.61. The van der Waals surface area contributed by atoms with Crippen LogP contribution >= 0.6 is 0 Å². The molecule has 0 heterocycles. The number of fused-ring (bicyclic) bond motifs is 6. The van der Waals surface area contributed by atoms with E-state index in [1.165, 1.54) is 121 Å². The monoisotopic (exact) mass is 784 g/mol. The Bertz CT molecular complexity index is 3660. The van der Waals surface area contributed by atoms with Crippen molar-refractivity contribution in [1.29, 1.82) is 0 Å². The predicted octanol–water partition coefficient (Wildman–Crippen LogP) is 17.5. The zero-order valence-corrected chi connectivity index (χ0v) is 34.1. The fourth-order valence-corrected chi connectivity index (χ4v) is 9.88. The van der Waals surface area contributed by atoms with Gasteiger partial charge in [0.25, 0.3) is 0 Å². The standard InChI is InChI=1S/C62H40/c1-3-16-41(17-4-1)45-26-13-27-46(36-45)49-32-34-53-54-35-33-50(58-38-48-23-8-7-22-47(48)37-57(58)44-18-5-2-6-19-44)40-60(54)62(56-31-15-25-43-21-10-12-29-52(43)56)61(59(53)39-49)55-30-14-24-42-20-9-11-28-51(42)55/h1-40H. The van der Waals surface area contributed by atoms with Gasteiger partial charge in [0.2, 0.25) is 0 Å². The molecule has 288 valence electrons. The highest BCUT2D eigenvalue weighted by Crippen LogP contribution is 2.50. The molecule has 0 aliphatic rings. The highest BCUT2D eigenvalue weighted by Gasteiger charge is 2.22. The summed E-state index contributed by atoms with van der Waals surface area (Å²) in [4.78, 5) is 0. The van der Waals surface area contributed by atoms with E-state index in [4.69, 9.17) is 0 Å². The molecule has 0 aliphatic heterocycles. The van der Waals surface area contributed by atoms with Crippen LogP contribution in [-0.2, 0) is 0 Å². The lowest BCUT2D eigenvalue weighted by molar-refractivity contribution is 1.60. The Labute approximate surface area is 361 Å². The minimum Gasteiger partial charge on any atom is -0.0622 e. The van der Waals surface area contributed by atoms with Gasteiger partial charge in [-0.3, -0.25) is 0 Å². The molecule has 0 fully saturated rings. The Morgan fingerprint density at radius 1 is 0.161 bits per heavy atom. The van der Waals surface area contributed by atoms with Gasteiger partial charge in [0.05, 0.1) is 0 Å². The van der Waals surface area contributed by atoms with Gasteiger partial charge in [-0.2, -0.15) is 0 Å². The molecular formula is C62H40. The second-order valence-electron chi connectivity index (χ2n) is 16.4. The highest BCUT2D eigenvalue weighted by molar-refractivity contribution is 6.26. The number of rotatable bonds is 6. The molecule has 12 rings (SSSR count). The van der Waals surface area contributed by atoms with Crippen molar-refractivity contribution < 1.29 is 0 Å². The van der Waals surface area contributed by atoms with Crippen molar-refractivity contribution in [3.05, 3.63) is 243 Å². The van der Waals surface area contributed by atoms with Gasteiger partial charge in [0.1, 0.15) is 0 Å². The number of benzene rings is 12. The third kappa shape index (κ3) is 6.08. The maximum Gasteiger partial charge on any atom is -0.00137 e. The van der Waals surface area contributed by atoms with Gasteiger partial charge >= 0.3 is 0 Å². The molecule has 0 spiro atoms. The lowest BCUT2D eigenvalue weighted by Gasteiger charge is -2.22. The summed E-state index contributed by atoms with van der Waals surface area (Å²) in [7, 11) is 0. The van der Waals surface area contributed by atoms with Gasteiger partial charge in [0, 0.05) is 0 Å². The Morgan fingerprint density at radius 2 is 0.548 bits per heavy atom. The van der Waals surface area contributed by atoms with Gasteiger partial charge in [0.15, 0.2) is 0 Å². The average molecular weight is 785 g/mol. The molecule has 0 unspecified atom stereocenters. The maximum atomic E-state index is 2.48. The van der Waals surface area contributed by atoms with Gasteiger partial charge < -0.3 is 0 Å². The summed E-state index contributed by atoms with van der Waals surface area (Å²) in [6.45, 7) is 0. The molecule has 12 aromatic carbocycles. The average Bonchev–Trinajstić information content (AvgIpc) is 3.35. The van der Waals surface area contributed by atoms with Crippen LogP contribution in [0.3, 0.4) is 0 Å². The van der Waals surface area contributed by atoms with Crippen LogP contribution in [0.25, 0.3) is 121 Å². The number of hydrogen-bond donors (Lipinski definition) is 0. The van der Waals surface area contributed by atoms with Crippen molar-refractivity contribution in [2.45, 2.75) is 0 Å². The molecule has 0 N–H and O–H groups in total. The van der Waals surface area contributed by atoms with E-state index in [1.54, 1.807) is 0 Å². The molecule has 0 amide bonds. The van der Waals surface area contributed by atoms with E-state index in [9.17, 15) is 0 Å². The van der Waals surface area contributed by atoms with Crippen molar-refractivity contribution in [2.75, 3.05) is 0 Å². The summed E-state index contributed by atoms with van der Waals surface area (Å²) >= 11 is 0. The van der Waals surface area contributed by atoms with E-state index in [2.05, 4.69) is 243 Å². The van der Waals surface area contributed by atoms with E-state index in [0.717, 1.165) is 0 Å². The van der Waals surface area contributed by atoms with Crippen LogP contribution < -0.4 is 0 Å². The Morgan fingerprint density at radius 3 is 1.13 bits per heavy atom. The molecule has 0 nitrogen and oxygen atoms in total. The number of hydrogen-bond acceptors (Lipinski definition) is 0. The quantitative estimate of drug-likeness (QED) is 0.147. The molecule has 0 aromatic heterocycles. The fourth-order valence-electron chi connectivity index (χ4n) is 9.88. The van der Waals surface area contributed by atoms with Crippen LogP contribution in [-0.4, -0.2) is 0 Å². The van der Waals surface area contributed by atoms with Crippen molar-refractivity contribution in [3.63, 3.8) is 0 Å². The van der Waals surface area contributed by atoms with Gasteiger partial charge in [-0.05, 0) is 151 Å². The molecule has 62 heavy (non-hydrogen) atoms. The second-order valence-corrected chi connectivity index (χ2v) is 16.4. The summed E-state index contributed by atoms with van der Waals surface area (Å²) in [5.41, 5.74) is 14.6. The first-order valence-corrected chi connectivity index (χ1v) is 21.5. The zero-order chi connectivity index (χ0) is 41.0. The van der Waals surface area contributed by atoms with E-state index in [0.29, 0.717) is 0 Å². The summed E-state index contributed by atoms with van der Waals surface area (Å²) in [5.74, 6) is 0. The second kappa shape index (κ2) is 14.9. The molecule has 0 saturated heterocycles. The first-order chi connectivity index (χ1) is 30.7. The van der Waals surface area contributed by atoms with E-state index < -0.39 is 0 Å². The molecule has 12 aromatic rings. The Balaban J connectivity index is 1.23. The summed E-state index contributed by atoms with van der Waals surface area (Å²) in [6, 6.07) is 89.7. The lowest BCUT2D eigenvalue weighted by atomic mass is 9.80. The van der Waals surface area contributed by atoms with Gasteiger partial charge in [-0.1, -0.05) is 212 Å². The normalized spacial score (nSPS) is 11.5. The molecule has 0 atom stereocenters. The largest absolute Gasteiger partial charge is 0.0622 e. The van der Waals surface area contributed by atoms with Crippen molar-refractivity contribution in [3.8, 4) is 66.8 Å². The van der Waals surface area contributed by atoms with Gasteiger partial charge in [-0.25, -0.2) is 0 Å². The topological polar surface area (TPSA) is 0 Å². The van der Waals surface area contributed by atoms with Crippen LogP contribution in [0.15, 0.2) is 243 Å². The van der Waals surface area contributed by atoms with Crippen LogP contribution in [0.5, 0.6) is 0 Å². The minimum absolute atomic E-state index is 1.19. The molecule has 0 bridgehead atoms. The summed E-state index contributed by atoms with van der Waals surface area (Å²) < 4.78 is 0. The summed E-state index contributed by atoms with van der Waals surface area (Å²) in [5, 5.41) is 12.4. The molecule has 0 aliphatic carbocycles. The fraction of sp³-hybridized carbons (Fsp3) is 0. The Hall–Kier alpha value is -8.06. The first kappa shape index (κ1) is 35.8. The van der Waals surface area contributed by atoms with Crippen LogP contribution in [0.4, 0.5) is 0 Å². The molecule has 0 heteroatoms. The zero-order valence-electron chi connectivity index (χ0n) is 34.1. The molecule has 0 radical (unpaired) electrons. The lowest BCUT2D eigenvalue weighted by Crippen LogP contribution is -1.95. The summed E-state index contributed by atoms with van der Waals surface area (Å²) in [6.07, 6.45) is 0. The van der Waals surface area contributed by atoms with Crippen LogP contribution in [0, 0.1) is 0 Å². The molecular weight excluding hydrogens is 745 g/mol. The van der Waals surface area contributed by atoms with Gasteiger partial charge in [-0.15, -0.1) is 0 Å². The predicted molar refractivity (Wildman–Crippen MR) is 267 cm³/mol. The van der Waals surface area contributed by atoms with Crippen LogP contribution in [0.2, 0.25) is 0 Å². The third-order valence-electron chi connectivity index (χ3n) is 12.8. The first-order valence-electron chi connectivity index (χ1n) is 21.5. The minimum atomic E-state index is 1.19. The van der Waals surface area contributed by atoms with E-state index in [1.807, 2.05) is 0 Å². The SMILES string of the molecule is c1ccc(-c2cccc(-c3ccc4c(c3)c(-c3cccc5ccccc35)c(-c3cccc5ccccc35)c3cc(-c5cc6ccccc6cc5-c5ccccc5)ccc34)c2)cc1.